The Kier molecular flexibility index (Phi) is 19.9. The molecule has 0 aromatic rings. The quantitative estimate of drug-likeness (QED) is 0.407. The Morgan fingerprint density at radius 1 is 1.75 bits per heavy atom. The Morgan fingerprint density at radius 3 is 1.75 bits per heavy atom. The van der Waals surface area contributed by atoms with Crippen LogP contribution in [0, 0.1) is 0 Å². The van der Waals surface area contributed by atoms with E-state index >= 15 is 0 Å². The molecule has 0 aliphatic rings. The van der Waals surface area contributed by atoms with E-state index in [1.807, 2.05) is 0 Å². The second-order valence-corrected chi connectivity index (χ2v) is 4.37. The standard InChI is InChI=1S/CH3.Fe.H3Si.V/h1H3;;1H3;. The first-order valence-electron chi connectivity index (χ1n) is 0.707. The Hall–Kier alpha value is 1.32. The van der Waals surface area contributed by atoms with Crippen molar-refractivity contribution >= 4 is 8.85 Å². The van der Waals surface area contributed by atoms with Gasteiger partial charge in [0.25, 0.3) is 0 Å². The molecule has 0 amide bonds. The van der Waals surface area contributed by atoms with Gasteiger partial charge in [0, 0.05) is 18.6 Å². The van der Waals surface area contributed by atoms with Gasteiger partial charge in [-0.1, -0.05) is 0 Å². The van der Waals surface area contributed by atoms with Crippen molar-refractivity contribution < 1.29 is 32.9 Å². The van der Waals surface area contributed by atoms with Gasteiger partial charge >= 0.3 is 29.0 Å². The van der Waals surface area contributed by atoms with Gasteiger partial charge in [-0.3, -0.25) is 0 Å². The zero-order valence-electron chi connectivity index (χ0n) is 2.80. The third kappa shape index (κ3) is 10.3. The summed E-state index contributed by atoms with van der Waals surface area (Å²) >= 11 is 1.39. The second kappa shape index (κ2) is 8.85. The molecule has 0 rings (SSSR count). The maximum Gasteiger partial charge on any atom is 0 e. The molecule has 1 radical (unpaired) electrons. The second-order valence-electron chi connectivity index (χ2n) is 0.354. The van der Waals surface area contributed by atoms with Crippen LogP contribution in [0.2, 0.25) is 5.82 Å². The topological polar surface area (TPSA) is 0 Å². The first-order chi connectivity index (χ1) is 1.41. The molecule has 0 atom stereocenters. The van der Waals surface area contributed by atoms with Crippen molar-refractivity contribution in [2.75, 3.05) is 0 Å². The van der Waals surface area contributed by atoms with E-state index in [0.717, 1.165) is 0 Å². The SMILES string of the molecule is [CH3][Fe][SiH3].[V]. The minimum atomic E-state index is 0. The van der Waals surface area contributed by atoms with Gasteiger partial charge in [-0.15, -0.1) is 0 Å². The van der Waals surface area contributed by atoms with Crippen molar-refractivity contribution in [3.8, 4) is 0 Å². The van der Waals surface area contributed by atoms with Crippen LogP contribution in [0.3, 0.4) is 0 Å². The van der Waals surface area contributed by atoms with Gasteiger partial charge in [0.15, 0.2) is 0 Å². The summed E-state index contributed by atoms with van der Waals surface area (Å²) in [5.74, 6) is 2.19. The van der Waals surface area contributed by atoms with Crippen LogP contribution in [-0.4, -0.2) is 8.85 Å². The van der Waals surface area contributed by atoms with E-state index in [1.54, 1.807) is 0 Å². The Balaban J connectivity index is 0. The minimum absolute atomic E-state index is 0. The number of hydrogen-bond donors (Lipinski definition) is 0. The first kappa shape index (κ1) is 9.01. The third-order valence-corrected chi connectivity index (χ3v) is 0. The van der Waals surface area contributed by atoms with Crippen LogP contribution in [0.4, 0.5) is 0 Å². The van der Waals surface area contributed by atoms with Crippen LogP contribution in [0.5, 0.6) is 0 Å². The third-order valence-electron chi connectivity index (χ3n) is 0. The van der Waals surface area contributed by atoms with Crippen LogP contribution in [0.1, 0.15) is 0 Å². The van der Waals surface area contributed by atoms with Gasteiger partial charge in [-0.05, 0) is 0 Å². The van der Waals surface area contributed by atoms with Gasteiger partial charge in [0.1, 0.15) is 0 Å². The van der Waals surface area contributed by atoms with Crippen LogP contribution in [-0.2, 0) is 32.9 Å². The molecule has 0 N–H and O–H groups in total. The van der Waals surface area contributed by atoms with Gasteiger partial charge in [-0.25, -0.2) is 0 Å². The molecule has 0 heterocycles. The number of rotatable bonds is 0. The Labute approximate surface area is 47.6 Å². The van der Waals surface area contributed by atoms with Gasteiger partial charge in [0.05, 0.1) is 0 Å². The summed E-state index contributed by atoms with van der Waals surface area (Å²) in [5, 5.41) is 0. The Bertz CT molecular complexity index is 8.00. The van der Waals surface area contributed by atoms with Crippen LogP contribution in [0.25, 0.3) is 0 Å². The van der Waals surface area contributed by atoms with Gasteiger partial charge in [-0.2, -0.15) is 0 Å². The summed E-state index contributed by atoms with van der Waals surface area (Å²) in [6.45, 7) is 0. The molecule has 0 bridgehead atoms. The van der Waals surface area contributed by atoms with E-state index in [2.05, 4.69) is 5.82 Å². The van der Waals surface area contributed by atoms with Crippen molar-refractivity contribution in [3.63, 3.8) is 0 Å². The molecule has 27 valence electrons. The summed E-state index contributed by atoms with van der Waals surface area (Å²) in [6.07, 6.45) is 0. The van der Waals surface area contributed by atoms with Crippen molar-refractivity contribution in [2.45, 2.75) is 5.82 Å². The molecular weight excluding hydrogens is 147 g/mol. The van der Waals surface area contributed by atoms with Crippen molar-refractivity contribution in [2.24, 2.45) is 0 Å². The normalized spacial score (nSPS) is 6.25. The molecule has 0 fully saturated rings. The summed E-state index contributed by atoms with van der Waals surface area (Å²) in [6, 6.07) is 0. The summed E-state index contributed by atoms with van der Waals surface area (Å²) in [7, 11) is 1.37. The predicted molar refractivity (Wildman–Crippen MR) is 15.8 cm³/mol. The van der Waals surface area contributed by atoms with Crippen molar-refractivity contribution in [3.05, 3.63) is 0 Å². The maximum atomic E-state index is 2.19. The molecule has 0 aromatic carbocycles. The first-order valence-corrected chi connectivity index (χ1v) is 5.83. The zero-order valence-corrected chi connectivity index (χ0v) is 7.30. The minimum Gasteiger partial charge on any atom is 0 e. The van der Waals surface area contributed by atoms with Crippen molar-refractivity contribution in [1.82, 2.24) is 0 Å². The fourth-order valence-electron chi connectivity index (χ4n) is 0. The van der Waals surface area contributed by atoms with Crippen LogP contribution in [0.15, 0.2) is 0 Å². The molecule has 0 unspecified atom stereocenters. The smallest absolute Gasteiger partial charge is 0 e. The zero-order chi connectivity index (χ0) is 2.71. The fraction of sp³-hybridized carbons (Fsp3) is 1.00. The molecule has 0 nitrogen and oxygen atoms in total. The average molecular weight is 153 g/mol. The molecule has 0 aliphatic heterocycles. The van der Waals surface area contributed by atoms with Crippen molar-refractivity contribution in [1.29, 1.82) is 0 Å². The van der Waals surface area contributed by atoms with Gasteiger partial charge in [0.2, 0.25) is 0 Å². The predicted octanol–water partition coefficient (Wildman–Crippen LogP) is -0.605. The van der Waals surface area contributed by atoms with Crippen LogP contribution < -0.4 is 0 Å². The maximum absolute atomic E-state index is 2.19. The summed E-state index contributed by atoms with van der Waals surface area (Å²) in [4.78, 5) is 0. The van der Waals surface area contributed by atoms with E-state index in [0.29, 0.717) is 0 Å². The monoisotopic (exact) mass is 153 g/mol. The van der Waals surface area contributed by atoms with Gasteiger partial charge < -0.3 is 0 Å². The van der Waals surface area contributed by atoms with E-state index in [1.165, 1.54) is 23.2 Å². The molecule has 0 spiro atoms. The Morgan fingerprint density at radius 2 is 1.75 bits per heavy atom. The number of hydrogen-bond acceptors (Lipinski definition) is 0. The van der Waals surface area contributed by atoms with E-state index < -0.39 is 0 Å². The van der Waals surface area contributed by atoms with E-state index in [4.69, 9.17) is 0 Å². The van der Waals surface area contributed by atoms with E-state index in [9.17, 15) is 0 Å². The van der Waals surface area contributed by atoms with Crippen LogP contribution >= 0.6 is 0 Å². The molecule has 3 heteroatoms. The largest absolute Gasteiger partial charge is 0 e. The summed E-state index contributed by atoms with van der Waals surface area (Å²) in [5.41, 5.74) is 0. The fourth-order valence-corrected chi connectivity index (χ4v) is 0. The molecule has 0 aromatic heterocycles. The van der Waals surface area contributed by atoms with E-state index in [-0.39, 0.29) is 18.6 Å². The molecule has 0 aliphatic carbocycles. The summed E-state index contributed by atoms with van der Waals surface area (Å²) < 4.78 is 0. The molecule has 0 saturated carbocycles. The average Bonchev–Trinajstić information content (AvgIpc) is 0.918. The molecule has 4 heavy (non-hydrogen) atoms. The molecular formula is CH6FeSiV. The molecule has 0 saturated heterocycles.